The second-order valence-electron chi connectivity index (χ2n) is 8.58. The molecular weight excluding hydrogens is 549 g/mol. The van der Waals surface area contributed by atoms with Crippen molar-refractivity contribution < 1.29 is 18.9 Å². The molecule has 0 saturated carbocycles. The number of thiophene rings is 2. The van der Waals surface area contributed by atoms with Crippen molar-refractivity contribution in [3.8, 4) is 64.8 Å². The molecule has 6 aromatic rings. The first-order valence-electron chi connectivity index (χ1n) is 12.0. The summed E-state index contributed by atoms with van der Waals surface area (Å²) in [6.07, 6.45) is 0. The number of hydrogen-bond acceptors (Lipinski definition) is 9. The smallest absolute Gasteiger partial charge is 0.127 e. The van der Waals surface area contributed by atoms with Crippen LogP contribution in [-0.4, -0.2) is 37.2 Å². The Hall–Kier alpha value is -3.92. The largest absolute Gasteiger partial charge is 0.497 e. The molecule has 0 fully saturated rings. The van der Waals surface area contributed by atoms with Crippen molar-refractivity contribution in [3.63, 3.8) is 0 Å². The molecule has 3 heterocycles. The molecule has 0 aliphatic carbocycles. The molecule has 0 amide bonds. The predicted octanol–water partition coefficient (Wildman–Crippen LogP) is 8.52. The molecule has 0 aliphatic rings. The van der Waals surface area contributed by atoms with Crippen LogP contribution in [0.15, 0.2) is 72.8 Å². The maximum atomic E-state index is 5.61. The number of benzene rings is 3. The molecular formula is C30H24N2O4S3. The molecule has 3 aromatic carbocycles. The Morgan fingerprint density at radius 1 is 0.462 bits per heavy atom. The quantitative estimate of drug-likeness (QED) is 0.182. The van der Waals surface area contributed by atoms with Crippen molar-refractivity contribution in [2.75, 3.05) is 28.4 Å². The number of fused-ring (bicyclic) bond motifs is 1. The zero-order valence-corrected chi connectivity index (χ0v) is 24.1. The van der Waals surface area contributed by atoms with Gasteiger partial charge in [-0.05, 0) is 60.7 Å². The van der Waals surface area contributed by atoms with Gasteiger partial charge >= 0.3 is 0 Å². The molecule has 196 valence electrons. The fourth-order valence-corrected chi connectivity index (χ4v) is 7.21. The highest BCUT2D eigenvalue weighted by Gasteiger charge is 2.18. The van der Waals surface area contributed by atoms with Crippen LogP contribution in [0.4, 0.5) is 0 Å². The molecule has 0 saturated heterocycles. The lowest BCUT2D eigenvalue weighted by Gasteiger charge is -2.09. The van der Waals surface area contributed by atoms with Gasteiger partial charge in [0.05, 0.1) is 40.2 Å². The molecule has 6 nitrogen and oxygen atoms in total. The van der Waals surface area contributed by atoms with Crippen LogP contribution in [0.5, 0.6) is 23.0 Å². The molecule has 39 heavy (non-hydrogen) atoms. The summed E-state index contributed by atoms with van der Waals surface area (Å²) in [4.78, 5) is 4.42. The van der Waals surface area contributed by atoms with Crippen LogP contribution in [0, 0.1) is 0 Å². The van der Waals surface area contributed by atoms with Gasteiger partial charge in [-0.2, -0.15) is 8.75 Å². The summed E-state index contributed by atoms with van der Waals surface area (Å²) < 4.78 is 31.5. The Balaban J connectivity index is 1.39. The van der Waals surface area contributed by atoms with Gasteiger partial charge in [-0.1, -0.05) is 12.1 Å². The van der Waals surface area contributed by atoms with Gasteiger partial charge in [0.2, 0.25) is 0 Å². The molecule has 0 aliphatic heterocycles. The average molecular weight is 573 g/mol. The lowest BCUT2D eigenvalue weighted by atomic mass is 10.1. The van der Waals surface area contributed by atoms with E-state index in [-0.39, 0.29) is 0 Å². The number of ether oxygens (including phenoxy) is 4. The van der Waals surface area contributed by atoms with Crippen LogP contribution in [0.25, 0.3) is 52.8 Å². The molecule has 6 rings (SSSR count). The van der Waals surface area contributed by atoms with Gasteiger partial charge in [-0.25, -0.2) is 0 Å². The minimum Gasteiger partial charge on any atom is -0.497 e. The third-order valence-electron chi connectivity index (χ3n) is 6.50. The molecule has 9 heteroatoms. The average Bonchev–Trinajstić information content (AvgIpc) is 3.77. The minimum atomic E-state index is 0.790. The van der Waals surface area contributed by atoms with Crippen molar-refractivity contribution in [1.29, 1.82) is 0 Å². The van der Waals surface area contributed by atoms with E-state index >= 15 is 0 Å². The number of nitrogens with zero attached hydrogens (tertiary/aromatic N) is 2. The van der Waals surface area contributed by atoms with E-state index in [0.29, 0.717) is 0 Å². The first-order chi connectivity index (χ1) is 19.1. The lowest BCUT2D eigenvalue weighted by molar-refractivity contribution is 0.404. The molecule has 0 bridgehead atoms. The summed E-state index contributed by atoms with van der Waals surface area (Å²) in [7, 11) is 6.71. The minimum absolute atomic E-state index is 0.790. The molecule has 0 unspecified atom stereocenters. The SMILES string of the molecule is COc1ccc(OC)c(-c2ccc(-c3ccc(-c4ccc(-c5cc(OC)ccc5OC)s4)c4nsnc34)s2)c1. The Morgan fingerprint density at radius 2 is 0.872 bits per heavy atom. The highest BCUT2D eigenvalue weighted by molar-refractivity contribution is 7.19. The normalized spacial score (nSPS) is 11.1. The van der Waals surface area contributed by atoms with Crippen LogP contribution in [0.2, 0.25) is 0 Å². The van der Waals surface area contributed by atoms with Crippen LogP contribution in [0.3, 0.4) is 0 Å². The van der Waals surface area contributed by atoms with E-state index in [1.807, 2.05) is 36.4 Å². The third-order valence-corrected chi connectivity index (χ3v) is 9.33. The fourth-order valence-electron chi connectivity index (χ4n) is 4.53. The number of aromatic nitrogens is 2. The second kappa shape index (κ2) is 10.7. The molecule has 3 aromatic heterocycles. The summed E-state index contributed by atoms with van der Waals surface area (Å²) >= 11 is 4.62. The van der Waals surface area contributed by atoms with E-state index in [4.69, 9.17) is 27.7 Å². The maximum Gasteiger partial charge on any atom is 0.127 e. The lowest BCUT2D eigenvalue weighted by Crippen LogP contribution is -1.88. The van der Waals surface area contributed by atoms with Crippen molar-refractivity contribution >= 4 is 45.4 Å². The molecule has 0 N–H and O–H groups in total. The van der Waals surface area contributed by atoms with Crippen LogP contribution in [-0.2, 0) is 0 Å². The number of hydrogen-bond donors (Lipinski definition) is 0. The molecule has 0 atom stereocenters. The molecule has 0 radical (unpaired) electrons. The van der Waals surface area contributed by atoms with Crippen LogP contribution in [0.1, 0.15) is 0 Å². The summed E-state index contributed by atoms with van der Waals surface area (Å²) in [5, 5.41) is 0. The maximum absolute atomic E-state index is 5.61. The van der Waals surface area contributed by atoms with Gasteiger partial charge in [0.15, 0.2) is 0 Å². The summed E-state index contributed by atoms with van der Waals surface area (Å²) in [5.41, 5.74) is 5.92. The number of rotatable bonds is 8. The zero-order valence-electron chi connectivity index (χ0n) is 21.7. The van der Waals surface area contributed by atoms with E-state index < -0.39 is 0 Å². The van der Waals surface area contributed by atoms with Crippen LogP contribution < -0.4 is 18.9 Å². The van der Waals surface area contributed by atoms with E-state index in [2.05, 4.69) is 36.4 Å². The second-order valence-corrected chi connectivity index (χ2v) is 11.3. The zero-order chi connectivity index (χ0) is 26.9. The van der Waals surface area contributed by atoms with Gasteiger partial charge in [0.1, 0.15) is 34.0 Å². The van der Waals surface area contributed by atoms with E-state index in [0.717, 1.165) is 75.8 Å². The fraction of sp³-hybridized carbons (Fsp3) is 0.133. The third kappa shape index (κ3) is 4.63. The summed E-state index contributed by atoms with van der Waals surface area (Å²) in [6.45, 7) is 0. The molecule has 0 spiro atoms. The highest BCUT2D eigenvalue weighted by atomic mass is 32.1. The van der Waals surface area contributed by atoms with Crippen molar-refractivity contribution in [2.45, 2.75) is 0 Å². The standard InChI is InChI=1S/C30H24N2O4S3/c1-33-17-5-9-23(35-3)21(15-17)27-13-11-25(37-27)19-7-8-20(30-29(19)31-39-32-30)26-12-14-28(38-26)22-16-18(34-2)6-10-24(22)36-4/h5-16H,1-4H3. The van der Waals surface area contributed by atoms with Gasteiger partial charge in [-0.3, -0.25) is 0 Å². The van der Waals surface area contributed by atoms with Crippen LogP contribution >= 0.6 is 34.4 Å². The van der Waals surface area contributed by atoms with Gasteiger partial charge < -0.3 is 18.9 Å². The first kappa shape index (κ1) is 25.4. The van der Waals surface area contributed by atoms with Gasteiger partial charge in [-0.15, -0.1) is 22.7 Å². The summed E-state index contributed by atoms with van der Waals surface area (Å²) in [6, 6.07) is 24.5. The Bertz CT molecular complexity index is 1660. The monoisotopic (exact) mass is 572 g/mol. The first-order valence-corrected chi connectivity index (χ1v) is 14.4. The predicted molar refractivity (Wildman–Crippen MR) is 161 cm³/mol. The highest BCUT2D eigenvalue weighted by Crippen LogP contribution is 2.45. The topological polar surface area (TPSA) is 62.7 Å². The van der Waals surface area contributed by atoms with Crippen molar-refractivity contribution in [1.82, 2.24) is 8.75 Å². The number of methoxy groups -OCH3 is 4. The van der Waals surface area contributed by atoms with E-state index in [1.165, 1.54) is 11.7 Å². The van der Waals surface area contributed by atoms with E-state index in [1.54, 1.807) is 51.1 Å². The Labute approximate surface area is 238 Å². The Kier molecular flexibility index (Phi) is 6.95. The van der Waals surface area contributed by atoms with Gasteiger partial charge in [0, 0.05) is 41.8 Å². The van der Waals surface area contributed by atoms with Gasteiger partial charge in [0.25, 0.3) is 0 Å². The van der Waals surface area contributed by atoms with Crippen molar-refractivity contribution in [3.05, 3.63) is 72.8 Å². The van der Waals surface area contributed by atoms with Crippen molar-refractivity contribution in [2.24, 2.45) is 0 Å². The summed E-state index contributed by atoms with van der Waals surface area (Å²) in [5.74, 6) is 3.19. The van der Waals surface area contributed by atoms with E-state index in [9.17, 15) is 0 Å². The Morgan fingerprint density at radius 3 is 1.26 bits per heavy atom.